The highest BCUT2D eigenvalue weighted by Gasteiger charge is 2.14. The molecule has 0 radical (unpaired) electrons. The van der Waals surface area contributed by atoms with E-state index in [2.05, 4.69) is 0 Å². The van der Waals surface area contributed by atoms with Gasteiger partial charge in [0.05, 0.1) is 16.1 Å². The molecule has 0 fully saturated rings. The van der Waals surface area contributed by atoms with E-state index in [4.69, 9.17) is 28.9 Å². The molecule has 2 rings (SSSR count). The van der Waals surface area contributed by atoms with E-state index in [0.29, 0.717) is 10.0 Å². The predicted octanol–water partition coefficient (Wildman–Crippen LogP) is 4.10. The number of hydrogen-bond acceptors (Lipinski definition) is 2. The average Bonchev–Trinajstić information content (AvgIpc) is 2.74. The van der Waals surface area contributed by atoms with Crippen LogP contribution in [-0.2, 0) is 0 Å². The third kappa shape index (κ3) is 2.18. The van der Waals surface area contributed by atoms with Gasteiger partial charge in [-0.05, 0) is 23.1 Å². The monoisotopic (exact) mass is 257 g/mol. The molecule has 0 aliphatic rings. The van der Waals surface area contributed by atoms with Crippen molar-refractivity contribution in [2.75, 3.05) is 0 Å². The molecule has 0 unspecified atom stereocenters. The van der Waals surface area contributed by atoms with Gasteiger partial charge in [0.15, 0.2) is 0 Å². The molecule has 2 aromatic rings. The quantitative estimate of drug-likeness (QED) is 0.862. The Morgan fingerprint density at radius 1 is 1.13 bits per heavy atom. The van der Waals surface area contributed by atoms with E-state index in [-0.39, 0.29) is 6.04 Å². The summed E-state index contributed by atoms with van der Waals surface area (Å²) in [6, 6.07) is 9.28. The first-order valence-corrected chi connectivity index (χ1v) is 6.06. The van der Waals surface area contributed by atoms with Crippen LogP contribution in [0.4, 0.5) is 0 Å². The number of halogens is 2. The van der Waals surface area contributed by atoms with Crippen molar-refractivity contribution >= 4 is 34.5 Å². The Morgan fingerprint density at radius 3 is 2.60 bits per heavy atom. The highest BCUT2D eigenvalue weighted by atomic mass is 35.5. The molecule has 0 spiro atoms. The summed E-state index contributed by atoms with van der Waals surface area (Å²) in [5, 5.41) is 3.08. The lowest BCUT2D eigenvalue weighted by molar-refractivity contribution is 0.894. The average molecular weight is 258 g/mol. The van der Waals surface area contributed by atoms with Crippen molar-refractivity contribution in [3.8, 4) is 0 Å². The van der Waals surface area contributed by atoms with Crippen LogP contribution >= 0.6 is 34.5 Å². The Balaban J connectivity index is 2.42. The molecule has 1 aromatic carbocycles. The number of nitrogens with two attached hydrogens (primary N) is 1. The van der Waals surface area contributed by atoms with Gasteiger partial charge in [-0.1, -0.05) is 41.4 Å². The maximum absolute atomic E-state index is 6.10. The highest BCUT2D eigenvalue weighted by Crippen LogP contribution is 2.33. The summed E-state index contributed by atoms with van der Waals surface area (Å²) >= 11 is 13.6. The maximum atomic E-state index is 6.10. The molecule has 1 heterocycles. The van der Waals surface area contributed by atoms with E-state index in [9.17, 15) is 0 Å². The summed E-state index contributed by atoms with van der Waals surface area (Å²) in [4.78, 5) is 1.08. The zero-order valence-corrected chi connectivity index (χ0v) is 10.1. The largest absolute Gasteiger partial charge is 0.320 e. The van der Waals surface area contributed by atoms with Gasteiger partial charge in [0.1, 0.15) is 0 Å². The lowest BCUT2D eigenvalue weighted by Crippen LogP contribution is -2.10. The molecule has 0 saturated heterocycles. The number of rotatable bonds is 2. The standard InChI is InChI=1S/C11H9Cl2NS/c12-8-4-1-3-7(10(8)13)11(14)9-5-2-6-15-9/h1-6,11H,14H2/t11-/m0/s1. The molecule has 0 aliphatic heterocycles. The second-order valence-corrected chi connectivity index (χ2v) is 4.90. The lowest BCUT2D eigenvalue weighted by Gasteiger charge is -2.12. The second-order valence-electron chi connectivity index (χ2n) is 3.14. The first-order valence-electron chi connectivity index (χ1n) is 4.43. The van der Waals surface area contributed by atoms with Gasteiger partial charge in [0, 0.05) is 4.88 Å². The first-order chi connectivity index (χ1) is 7.20. The minimum atomic E-state index is -0.198. The van der Waals surface area contributed by atoms with E-state index >= 15 is 0 Å². The molecule has 0 bridgehead atoms. The topological polar surface area (TPSA) is 26.0 Å². The number of thiophene rings is 1. The van der Waals surface area contributed by atoms with Crippen LogP contribution in [0.1, 0.15) is 16.5 Å². The van der Waals surface area contributed by atoms with Gasteiger partial charge in [-0.2, -0.15) is 0 Å². The fraction of sp³-hybridized carbons (Fsp3) is 0.0909. The van der Waals surface area contributed by atoms with E-state index < -0.39 is 0 Å². The minimum absolute atomic E-state index is 0.198. The molecule has 15 heavy (non-hydrogen) atoms. The van der Waals surface area contributed by atoms with E-state index in [1.807, 2.05) is 29.6 Å². The van der Waals surface area contributed by atoms with E-state index in [0.717, 1.165) is 10.4 Å². The smallest absolute Gasteiger partial charge is 0.0661 e. The molecule has 78 valence electrons. The number of benzene rings is 1. The van der Waals surface area contributed by atoms with E-state index in [1.165, 1.54) is 0 Å². The Labute approximate surface area is 102 Å². The molecule has 0 aliphatic carbocycles. The Morgan fingerprint density at radius 2 is 1.93 bits per heavy atom. The van der Waals surface area contributed by atoms with Gasteiger partial charge in [0.25, 0.3) is 0 Å². The normalized spacial score (nSPS) is 12.7. The van der Waals surface area contributed by atoms with Gasteiger partial charge in [-0.15, -0.1) is 11.3 Å². The zero-order valence-electron chi connectivity index (χ0n) is 7.78. The molecular formula is C11H9Cl2NS. The summed E-state index contributed by atoms with van der Waals surface area (Å²) in [7, 11) is 0. The fourth-order valence-electron chi connectivity index (χ4n) is 1.38. The van der Waals surface area contributed by atoms with Crippen LogP contribution in [0.3, 0.4) is 0 Å². The summed E-state index contributed by atoms with van der Waals surface area (Å²) in [5.74, 6) is 0. The van der Waals surface area contributed by atoms with Gasteiger partial charge in [0.2, 0.25) is 0 Å². The van der Waals surface area contributed by atoms with Crippen molar-refractivity contribution in [2.24, 2.45) is 5.73 Å². The van der Waals surface area contributed by atoms with Crippen molar-refractivity contribution in [3.05, 3.63) is 56.2 Å². The van der Waals surface area contributed by atoms with Crippen LogP contribution in [0.15, 0.2) is 35.7 Å². The second kappa shape index (κ2) is 4.54. The molecule has 1 aromatic heterocycles. The van der Waals surface area contributed by atoms with Gasteiger partial charge >= 0.3 is 0 Å². The van der Waals surface area contributed by atoms with Crippen molar-refractivity contribution in [2.45, 2.75) is 6.04 Å². The third-order valence-electron chi connectivity index (χ3n) is 2.17. The zero-order chi connectivity index (χ0) is 10.8. The Hall–Kier alpha value is -0.540. The summed E-state index contributed by atoms with van der Waals surface area (Å²) in [6.07, 6.45) is 0. The summed E-state index contributed by atoms with van der Waals surface area (Å²) in [5.41, 5.74) is 6.97. The van der Waals surface area contributed by atoms with Crippen LogP contribution in [-0.4, -0.2) is 0 Å². The molecule has 0 saturated carbocycles. The predicted molar refractivity (Wildman–Crippen MR) is 66.8 cm³/mol. The van der Waals surface area contributed by atoms with Crippen LogP contribution in [0.2, 0.25) is 10.0 Å². The summed E-state index contributed by atoms with van der Waals surface area (Å²) < 4.78 is 0. The van der Waals surface area contributed by atoms with Crippen LogP contribution in [0.5, 0.6) is 0 Å². The molecule has 4 heteroatoms. The molecule has 1 atom stereocenters. The Bertz CT molecular complexity index is 454. The van der Waals surface area contributed by atoms with Gasteiger partial charge in [-0.25, -0.2) is 0 Å². The first kappa shape index (κ1) is 11.0. The SMILES string of the molecule is N[C@H](c1cccs1)c1cccc(Cl)c1Cl. The lowest BCUT2D eigenvalue weighted by atomic mass is 10.1. The van der Waals surface area contributed by atoms with Crippen molar-refractivity contribution in [3.63, 3.8) is 0 Å². The van der Waals surface area contributed by atoms with Crippen LogP contribution in [0.25, 0.3) is 0 Å². The van der Waals surface area contributed by atoms with Crippen LogP contribution < -0.4 is 5.73 Å². The molecule has 2 N–H and O–H groups in total. The molecule has 1 nitrogen and oxygen atoms in total. The van der Waals surface area contributed by atoms with Gasteiger partial charge < -0.3 is 5.73 Å². The highest BCUT2D eigenvalue weighted by molar-refractivity contribution is 7.10. The van der Waals surface area contributed by atoms with Crippen LogP contribution in [0, 0.1) is 0 Å². The maximum Gasteiger partial charge on any atom is 0.0661 e. The van der Waals surface area contributed by atoms with E-state index in [1.54, 1.807) is 17.4 Å². The van der Waals surface area contributed by atoms with Gasteiger partial charge in [-0.3, -0.25) is 0 Å². The number of hydrogen-bond donors (Lipinski definition) is 1. The molecule has 0 amide bonds. The van der Waals surface area contributed by atoms with Crippen molar-refractivity contribution in [1.29, 1.82) is 0 Å². The fourth-order valence-corrected chi connectivity index (χ4v) is 2.55. The molecular weight excluding hydrogens is 249 g/mol. The Kier molecular flexibility index (Phi) is 3.32. The van der Waals surface area contributed by atoms with Crippen molar-refractivity contribution in [1.82, 2.24) is 0 Å². The third-order valence-corrected chi connectivity index (χ3v) is 3.96. The minimum Gasteiger partial charge on any atom is -0.320 e. The summed E-state index contributed by atoms with van der Waals surface area (Å²) in [6.45, 7) is 0. The van der Waals surface area contributed by atoms with Crippen molar-refractivity contribution < 1.29 is 0 Å².